The van der Waals surface area contributed by atoms with E-state index in [1.54, 1.807) is 0 Å². The Labute approximate surface area is 122 Å². The highest BCUT2D eigenvalue weighted by atomic mass is 16.5. The van der Waals surface area contributed by atoms with Gasteiger partial charge in [0.2, 0.25) is 0 Å². The first-order chi connectivity index (χ1) is 9.88. The predicted molar refractivity (Wildman–Crippen MR) is 83.1 cm³/mol. The maximum Gasteiger partial charge on any atom is 0.119 e. The molecule has 1 heterocycles. The van der Waals surface area contributed by atoms with E-state index in [1.807, 2.05) is 30.3 Å². The van der Waals surface area contributed by atoms with Crippen molar-refractivity contribution in [1.29, 1.82) is 0 Å². The zero-order valence-electron chi connectivity index (χ0n) is 12.3. The van der Waals surface area contributed by atoms with Crippen LogP contribution in [0.2, 0.25) is 0 Å². The summed E-state index contributed by atoms with van der Waals surface area (Å²) in [5, 5.41) is 0. The second-order valence-electron chi connectivity index (χ2n) is 5.34. The maximum atomic E-state index is 5.73. The molecule has 0 aliphatic carbocycles. The molecule has 1 aromatic rings. The van der Waals surface area contributed by atoms with Crippen LogP contribution in [0.4, 0.5) is 0 Å². The Bertz CT molecular complexity index is 358. The van der Waals surface area contributed by atoms with E-state index in [-0.39, 0.29) is 0 Å². The SMILES string of the molecule is NCCN1CCCN(CCCOc2ccccc2)CC1. The van der Waals surface area contributed by atoms with Crippen molar-refractivity contribution in [2.45, 2.75) is 12.8 Å². The summed E-state index contributed by atoms with van der Waals surface area (Å²) < 4.78 is 5.73. The van der Waals surface area contributed by atoms with Crippen molar-refractivity contribution < 1.29 is 4.74 Å². The zero-order chi connectivity index (χ0) is 14.0. The van der Waals surface area contributed by atoms with Gasteiger partial charge in [0.25, 0.3) is 0 Å². The molecule has 1 aromatic carbocycles. The number of rotatable bonds is 7. The first kappa shape index (κ1) is 15.3. The lowest BCUT2D eigenvalue weighted by molar-refractivity contribution is 0.232. The Balaban J connectivity index is 1.60. The van der Waals surface area contributed by atoms with Gasteiger partial charge < -0.3 is 20.3 Å². The second-order valence-corrected chi connectivity index (χ2v) is 5.34. The van der Waals surface area contributed by atoms with Crippen molar-refractivity contribution in [3.63, 3.8) is 0 Å². The quantitative estimate of drug-likeness (QED) is 0.766. The fraction of sp³-hybridized carbons (Fsp3) is 0.625. The number of nitrogens with two attached hydrogens (primary N) is 1. The highest BCUT2D eigenvalue weighted by Crippen LogP contribution is 2.09. The van der Waals surface area contributed by atoms with Crippen LogP contribution in [-0.4, -0.2) is 62.2 Å². The third-order valence-corrected chi connectivity index (χ3v) is 3.76. The van der Waals surface area contributed by atoms with Gasteiger partial charge in [-0.3, -0.25) is 0 Å². The van der Waals surface area contributed by atoms with Crippen LogP contribution in [-0.2, 0) is 0 Å². The van der Waals surface area contributed by atoms with E-state index >= 15 is 0 Å². The largest absolute Gasteiger partial charge is 0.494 e. The Hall–Kier alpha value is -1.10. The summed E-state index contributed by atoms with van der Waals surface area (Å²) in [7, 11) is 0. The van der Waals surface area contributed by atoms with Crippen LogP contribution < -0.4 is 10.5 Å². The summed E-state index contributed by atoms with van der Waals surface area (Å²) in [6, 6.07) is 10.1. The molecule has 0 aromatic heterocycles. The van der Waals surface area contributed by atoms with Crippen LogP contribution >= 0.6 is 0 Å². The van der Waals surface area contributed by atoms with Gasteiger partial charge in [0.1, 0.15) is 5.75 Å². The molecule has 20 heavy (non-hydrogen) atoms. The molecular weight excluding hydrogens is 250 g/mol. The normalized spacial score (nSPS) is 17.9. The van der Waals surface area contributed by atoms with Gasteiger partial charge in [0, 0.05) is 32.7 Å². The molecule has 4 heteroatoms. The van der Waals surface area contributed by atoms with Gasteiger partial charge in [-0.25, -0.2) is 0 Å². The number of ether oxygens (including phenoxy) is 1. The minimum Gasteiger partial charge on any atom is -0.494 e. The van der Waals surface area contributed by atoms with E-state index < -0.39 is 0 Å². The summed E-state index contributed by atoms with van der Waals surface area (Å²) >= 11 is 0. The number of hydrogen-bond donors (Lipinski definition) is 1. The van der Waals surface area contributed by atoms with E-state index in [9.17, 15) is 0 Å². The van der Waals surface area contributed by atoms with Crippen molar-refractivity contribution in [3.05, 3.63) is 30.3 Å². The Morgan fingerprint density at radius 3 is 2.35 bits per heavy atom. The molecule has 1 aliphatic heterocycles. The molecule has 2 rings (SSSR count). The number of para-hydroxylation sites is 1. The van der Waals surface area contributed by atoms with Gasteiger partial charge in [-0.05, 0) is 38.1 Å². The van der Waals surface area contributed by atoms with E-state index in [2.05, 4.69) is 9.80 Å². The molecule has 1 saturated heterocycles. The van der Waals surface area contributed by atoms with Gasteiger partial charge in [0.05, 0.1) is 6.61 Å². The molecule has 2 N–H and O–H groups in total. The minimum atomic E-state index is 0.769. The average Bonchev–Trinajstić information content (AvgIpc) is 2.71. The summed E-state index contributed by atoms with van der Waals surface area (Å²) in [5.74, 6) is 0.970. The molecule has 0 unspecified atom stereocenters. The summed E-state index contributed by atoms with van der Waals surface area (Å²) in [6.07, 6.45) is 2.34. The van der Waals surface area contributed by atoms with Crippen molar-refractivity contribution in [3.8, 4) is 5.75 Å². The van der Waals surface area contributed by atoms with Crippen molar-refractivity contribution >= 4 is 0 Å². The summed E-state index contributed by atoms with van der Waals surface area (Å²) in [5.41, 5.74) is 5.63. The fourth-order valence-electron chi connectivity index (χ4n) is 2.65. The van der Waals surface area contributed by atoms with E-state index in [4.69, 9.17) is 10.5 Å². The summed E-state index contributed by atoms with van der Waals surface area (Å²) in [6.45, 7) is 8.43. The van der Waals surface area contributed by atoms with Gasteiger partial charge in [-0.15, -0.1) is 0 Å². The Kier molecular flexibility index (Phi) is 6.84. The van der Waals surface area contributed by atoms with Crippen molar-refractivity contribution in [2.24, 2.45) is 5.73 Å². The third kappa shape index (κ3) is 5.49. The average molecular weight is 277 g/mol. The molecule has 0 saturated carbocycles. The number of hydrogen-bond acceptors (Lipinski definition) is 4. The predicted octanol–water partition coefficient (Wildman–Crippen LogP) is 1.42. The van der Waals surface area contributed by atoms with Crippen molar-refractivity contribution in [2.75, 3.05) is 52.4 Å². The molecule has 0 spiro atoms. The first-order valence-corrected chi connectivity index (χ1v) is 7.71. The number of nitrogens with zero attached hydrogens (tertiary/aromatic N) is 2. The fourth-order valence-corrected chi connectivity index (χ4v) is 2.65. The highest BCUT2D eigenvalue weighted by Gasteiger charge is 2.13. The molecule has 0 radical (unpaired) electrons. The maximum absolute atomic E-state index is 5.73. The van der Waals surface area contributed by atoms with Gasteiger partial charge in [-0.1, -0.05) is 18.2 Å². The van der Waals surface area contributed by atoms with Gasteiger partial charge in [0.15, 0.2) is 0 Å². The van der Waals surface area contributed by atoms with Crippen LogP contribution in [0, 0.1) is 0 Å². The molecular formula is C16H27N3O. The minimum absolute atomic E-state index is 0.769. The third-order valence-electron chi connectivity index (χ3n) is 3.76. The van der Waals surface area contributed by atoms with Gasteiger partial charge >= 0.3 is 0 Å². The monoisotopic (exact) mass is 277 g/mol. The van der Waals surface area contributed by atoms with E-state index in [0.717, 1.165) is 51.5 Å². The second kappa shape index (κ2) is 8.95. The lowest BCUT2D eigenvalue weighted by atomic mass is 10.3. The van der Waals surface area contributed by atoms with Crippen LogP contribution in [0.25, 0.3) is 0 Å². The summed E-state index contributed by atoms with van der Waals surface area (Å²) in [4.78, 5) is 5.02. The molecule has 4 nitrogen and oxygen atoms in total. The smallest absolute Gasteiger partial charge is 0.119 e. The van der Waals surface area contributed by atoms with Crippen LogP contribution in [0.15, 0.2) is 30.3 Å². The van der Waals surface area contributed by atoms with Gasteiger partial charge in [-0.2, -0.15) is 0 Å². The molecule has 0 amide bonds. The van der Waals surface area contributed by atoms with E-state index in [0.29, 0.717) is 0 Å². The Morgan fingerprint density at radius 1 is 0.950 bits per heavy atom. The molecule has 0 atom stereocenters. The topological polar surface area (TPSA) is 41.7 Å². The standard InChI is InChI=1S/C16H27N3O/c17-8-12-19-10-4-9-18(13-14-19)11-5-15-20-16-6-2-1-3-7-16/h1-3,6-7H,4-5,8-15,17H2. The van der Waals surface area contributed by atoms with Crippen molar-refractivity contribution in [1.82, 2.24) is 9.80 Å². The molecule has 1 aliphatic rings. The highest BCUT2D eigenvalue weighted by molar-refractivity contribution is 5.20. The Morgan fingerprint density at radius 2 is 1.65 bits per heavy atom. The van der Waals surface area contributed by atoms with Crippen LogP contribution in [0.5, 0.6) is 5.75 Å². The lowest BCUT2D eigenvalue weighted by Gasteiger charge is -2.21. The zero-order valence-corrected chi connectivity index (χ0v) is 12.3. The molecule has 1 fully saturated rings. The molecule has 0 bridgehead atoms. The lowest BCUT2D eigenvalue weighted by Crippen LogP contribution is -2.34. The van der Waals surface area contributed by atoms with E-state index in [1.165, 1.54) is 19.5 Å². The van der Waals surface area contributed by atoms with Crippen LogP contribution in [0.3, 0.4) is 0 Å². The first-order valence-electron chi connectivity index (χ1n) is 7.71. The molecule has 112 valence electrons. The van der Waals surface area contributed by atoms with Crippen LogP contribution in [0.1, 0.15) is 12.8 Å². The number of benzene rings is 1.